The highest BCUT2D eigenvalue weighted by molar-refractivity contribution is 7.10. The molecule has 6 nitrogen and oxygen atoms in total. The van der Waals surface area contributed by atoms with Crippen LogP contribution in [0.4, 0.5) is 10.5 Å². The van der Waals surface area contributed by atoms with Gasteiger partial charge in [0.25, 0.3) is 5.91 Å². The third kappa shape index (κ3) is 4.31. The van der Waals surface area contributed by atoms with Crippen LogP contribution in [0.2, 0.25) is 0 Å². The predicted octanol–water partition coefficient (Wildman–Crippen LogP) is 3.77. The molecule has 3 amide bonds. The molecule has 1 saturated heterocycles. The van der Waals surface area contributed by atoms with Gasteiger partial charge in [-0.25, -0.2) is 4.79 Å². The van der Waals surface area contributed by atoms with E-state index in [1.54, 1.807) is 16.2 Å². The number of nitrogens with one attached hydrogen (secondary N) is 1. The highest BCUT2D eigenvalue weighted by atomic mass is 32.1. The summed E-state index contributed by atoms with van der Waals surface area (Å²) in [5, 5.41) is 15.0. The fourth-order valence-corrected chi connectivity index (χ4v) is 4.98. The summed E-state index contributed by atoms with van der Waals surface area (Å²) in [5.74, 6) is 0.186. The quantitative estimate of drug-likeness (QED) is 0.804. The summed E-state index contributed by atoms with van der Waals surface area (Å²) in [7, 11) is 0. The molecular formula is C22H27N3O3S. The van der Waals surface area contributed by atoms with Crippen molar-refractivity contribution in [1.29, 1.82) is 0 Å². The van der Waals surface area contributed by atoms with Crippen LogP contribution in [-0.4, -0.2) is 45.5 Å². The molecule has 2 aliphatic rings. The van der Waals surface area contributed by atoms with Gasteiger partial charge in [-0.05, 0) is 67.3 Å². The van der Waals surface area contributed by atoms with E-state index in [9.17, 15) is 14.7 Å². The highest BCUT2D eigenvalue weighted by Crippen LogP contribution is 2.31. The third-order valence-electron chi connectivity index (χ3n) is 5.76. The molecule has 1 aromatic heterocycles. The lowest BCUT2D eigenvalue weighted by molar-refractivity contribution is -0.148. The molecule has 4 rings (SSSR count). The number of fused-ring (bicyclic) bond motifs is 1. The predicted molar refractivity (Wildman–Crippen MR) is 114 cm³/mol. The number of anilines is 1. The molecule has 3 heterocycles. The van der Waals surface area contributed by atoms with Crippen molar-refractivity contribution in [2.45, 2.75) is 51.3 Å². The van der Waals surface area contributed by atoms with Crippen molar-refractivity contribution in [1.82, 2.24) is 9.80 Å². The normalized spacial score (nSPS) is 17.3. The van der Waals surface area contributed by atoms with Gasteiger partial charge in [-0.15, -0.1) is 11.3 Å². The van der Waals surface area contributed by atoms with Crippen LogP contribution in [-0.2, 0) is 17.9 Å². The molecule has 0 bridgehead atoms. The van der Waals surface area contributed by atoms with Gasteiger partial charge in [0, 0.05) is 30.2 Å². The largest absolute Gasteiger partial charge is 0.381 e. The first-order chi connectivity index (χ1) is 13.8. The fourth-order valence-electron chi connectivity index (χ4n) is 4.07. The molecule has 1 aromatic carbocycles. The molecule has 0 aliphatic carbocycles. The summed E-state index contributed by atoms with van der Waals surface area (Å²) in [5.41, 5.74) is 1.95. The number of hydrogen-bond acceptors (Lipinski definition) is 4. The Morgan fingerprint density at radius 2 is 1.76 bits per heavy atom. The Balaban J connectivity index is 1.30. The van der Waals surface area contributed by atoms with Crippen LogP contribution in [0.25, 0.3) is 0 Å². The standard InChI is InChI=1S/C22H27N3O3S/c1-22(2,28)20(26)24-10-7-16(8-11-24)15-3-5-18(6-4-15)23-21(27)25-13-17-9-12-29-19(17)14-25/h3-6,9,12,16,28H,7-8,10-11,13-14H2,1-2H3,(H,23,27). The van der Waals surface area contributed by atoms with Crippen molar-refractivity contribution in [2.24, 2.45) is 0 Å². The number of likely N-dealkylation sites (tertiary alicyclic amines) is 1. The van der Waals surface area contributed by atoms with Crippen LogP contribution < -0.4 is 5.32 Å². The molecule has 0 saturated carbocycles. The number of carbonyl (C=O) groups excluding carboxylic acids is 2. The number of nitrogens with zero attached hydrogens (tertiary/aromatic N) is 2. The second-order valence-electron chi connectivity index (χ2n) is 8.40. The van der Waals surface area contributed by atoms with Crippen molar-refractivity contribution in [3.05, 3.63) is 51.7 Å². The zero-order chi connectivity index (χ0) is 20.6. The number of benzene rings is 1. The lowest BCUT2D eigenvalue weighted by Crippen LogP contribution is -2.48. The van der Waals surface area contributed by atoms with Gasteiger partial charge in [-0.3, -0.25) is 4.79 Å². The first kappa shape index (κ1) is 19.9. The van der Waals surface area contributed by atoms with Crippen molar-refractivity contribution in [3.8, 4) is 0 Å². The highest BCUT2D eigenvalue weighted by Gasteiger charge is 2.32. The number of rotatable bonds is 3. The molecule has 29 heavy (non-hydrogen) atoms. The van der Waals surface area contributed by atoms with E-state index in [-0.39, 0.29) is 11.9 Å². The van der Waals surface area contributed by atoms with E-state index in [0.29, 0.717) is 32.1 Å². The number of amides is 3. The fraction of sp³-hybridized carbons (Fsp3) is 0.455. The van der Waals surface area contributed by atoms with Gasteiger partial charge in [-0.1, -0.05) is 12.1 Å². The van der Waals surface area contributed by atoms with E-state index in [0.717, 1.165) is 18.5 Å². The summed E-state index contributed by atoms with van der Waals surface area (Å²) in [6, 6.07) is 10.0. The molecule has 0 radical (unpaired) electrons. The number of urea groups is 1. The average Bonchev–Trinajstić information content (AvgIpc) is 3.30. The summed E-state index contributed by atoms with van der Waals surface area (Å²) in [6.45, 7) is 5.74. The van der Waals surface area contributed by atoms with Gasteiger partial charge < -0.3 is 20.2 Å². The maximum atomic E-state index is 12.5. The van der Waals surface area contributed by atoms with E-state index < -0.39 is 5.60 Å². The van der Waals surface area contributed by atoms with E-state index in [4.69, 9.17) is 0 Å². The van der Waals surface area contributed by atoms with Crippen LogP contribution in [0, 0.1) is 0 Å². The van der Waals surface area contributed by atoms with Crippen molar-refractivity contribution in [2.75, 3.05) is 18.4 Å². The van der Waals surface area contributed by atoms with Gasteiger partial charge in [0.1, 0.15) is 5.60 Å². The lowest BCUT2D eigenvalue weighted by atomic mass is 9.89. The summed E-state index contributed by atoms with van der Waals surface area (Å²) in [4.78, 5) is 29.6. The zero-order valence-corrected chi connectivity index (χ0v) is 17.7. The second kappa shape index (κ2) is 7.80. The van der Waals surface area contributed by atoms with Gasteiger partial charge in [-0.2, -0.15) is 0 Å². The first-order valence-electron chi connectivity index (χ1n) is 10.0. The number of aliphatic hydroxyl groups is 1. The lowest BCUT2D eigenvalue weighted by Gasteiger charge is -2.35. The molecule has 2 aromatic rings. The van der Waals surface area contributed by atoms with Gasteiger partial charge >= 0.3 is 6.03 Å². The van der Waals surface area contributed by atoms with Crippen LogP contribution in [0.3, 0.4) is 0 Å². The van der Waals surface area contributed by atoms with E-state index in [1.807, 2.05) is 17.0 Å². The third-order valence-corrected chi connectivity index (χ3v) is 6.71. The Kier molecular flexibility index (Phi) is 5.36. The Hall–Kier alpha value is -2.38. The first-order valence-corrected chi connectivity index (χ1v) is 10.9. The molecule has 7 heteroatoms. The van der Waals surface area contributed by atoms with Crippen molar-refractivity contribution >= 4 is 29.0 Å². The number of thiophene rings is 1. The Morgan fingerprint density at radius 1 is 1.07 bits per heavy atom. The topological polar surface area (TPSA) is 72.9 Å². The summed E-state index contributed by atoms with van der Waals surface area (Å²) < 4.78 is 0. The zero-order valence-electron chi connectivity index (χ0n) is 16.9. The smallest absolute Gasteiger partial charge is 0.322 e. The molecule has 0 spiro atoms. The van der Waals surface area contributed by atoms with Crippen molar-refractivity contribution in [3.63, 3.8) is 0 Å². The number of hydrogen-bond donors (Lipinski definition) is 2. The molecule has 154 valence electrons. The SMILES string of the molecule is CC(C)(O)C(=O)N1CCC(c2ccc(NC(=O)N3Cc4ccsc4C3)cc2)CC1. The second-order valence-corrected chi connectivity index (χ2v) is 9.40. The van der Waals surface area contributed by atoms with Gasteiger partial charge in [0.05, 0.1) is 6.54 Å². The Labute approximate surface area is 175 Å². The van der Waals surface area contributed by atoms with Crippen LogP contribution in [0.15, 0.2) is 35.7 Å². The number of piperidine rings is 1. The van der Waals surface area contributed by atoms with Crippen LogP contribution >= 0.6 is 11.3 Å². The maximum absolute atomic E-state index is 12.5. The minimum Gasteiger partial charge on any atom is -0.381 e. The molecule has 2 aliphatic heterocycles. The molecular weight excluding hydrogens is 386 g/mol. The molecule has 2 N–H and O–H groups in total. The maximum Gasteiger partial charge on any atom is 0.322 e. The van der Waals surface area contributed by atoms with Crippen LogP contribution in [0.1, 0.15) is 48.6 Å². The molecule has 0 unspecified atom stereocenters. The van der Waals surface area contributed by atoms with Gasteiger partial charge in [0.15, 0.2) is 0 Å². The Morgan fingerprint density at radius 3 is 2.38 bits per heavy atom. The Bertz CT molecular complexity index is 872. The molecule has 0 atom stereocenters. The summed E-state index contributed by atoms with van der Waals surface area (Å²) in [6.07, 6.45) is 1.76. The number of carbonyl (C=O) groups is 2. The summed E-state index contributed by atoms with van der Waals surface area (Å²) >= 11 is 1.70. The molecule has 1 fully saturated rings. The minimum atomic E-state index is -1.31. The van der Waals surface area contributed by atoms with Crippen molar-refractivity contribution < 1.29 is 14.7 Å². The van der Waals surface area contributed by atoms with Gasteiger partial charge in [0.2, 0.25) is 0 Å². The van der Waals surface area contributed by atoms with E-state index in [1.165, 1.54) is 29.9 Å². The average molecular weight is 414 g/mol. The van der Waals surface area contributed by atoms with Crippen LogP contribution in [0.5, 0.6) is 0 Å². The monoisotopic (exact) mass is 413 g/mol. The van der Waals surface area contributed by atoms with E-state index >= 15 is 0 Å². The minimum absolute atomic E-state index is 0.0698. The van der Waals surface area contributed by atoms with E-state index in [2.05, 4.69) is 28.9 Å².